The maximum absolute atomic E-state index is 8.83. The van der Waals surface area contributed by atoms with Crippen molar-refractivity contribution < 1.29 is 121 Å². The van der Waals surface area contributed by atoms with Gasteiger partial charge >= 0.3 is 116 Å². The maximum Gasteiger partial charge on any atom is 1.00 e. The number of aryl methyl sites for hydroxylation is 1. The third-order valence-corrected chi connectivity index (χ3v) is 0.958. The van der Waals surface area contributed by atoms with Gasteiger partial charge in [-0.25, -0.2) is 5.56 Å². The maximum atomic E-state index is 8.83. The van der Waals surface area contributed by atoms with E-state index in [1.807, 2.05) is 0 Å². The van der Waals surface area contributed by atoms with Crippen molar-refractivity contribution in [3.05, 3.63) is 29.8 Å². The van der Waals surface area contributed by atoms with E-state index in [1.165, 1.54) is 0 Å². The van der Waals surface area contributed by atoms with Gasteiger partial charge in [0, 0.05) is 0 Å². The van der Waals surface area contributed by atoms with Gasteiger partial charge in [-0.1, -0.05) is 0 Å². The van der Waals surface area contributed by atoms with Crippen molar-refractivity contribution in [2.75, 3.05) is 0 Å². The summed E-state index contributed by atoms with van der Waals surface area (Å²) in [6.45, 7) is 1.78. The zero-order chi connectivity index (χ0) is 5.98. The molecule has 10 heavy (non-hydrogen) atoms. The molecular formula is C7H6ORb2. The average Bonchev–Trinajstić information content (AvgIpc) is 1.77. The first-order valence-corrected chi connectivity index (χ1v) is 2.38. The van der Waals surface area contributed by atoms with Crippen LogP contribution in [0.2, 0.25) is 0 Å². The zero-order valence-electron chi connectivity index (χ0n) is 6.60. The van der Waals surface area contributed by atoms with Crippen LogP contribution >= 0.6 is 0 Å². The molecule has 0 aliphatic heterocycles. The molecule has 0 saturated heterocycles. The number of benzene rings is 1. The third-order valence-electron chi connectivity index (χ3n) is 0.958. The van der Waals surface area contributed by atoms with Crippen molar-refractivity contribution in [2.24, 2.45) is 0 Å². The second-order valence-corrected chi connectivity index (χ2v) is 1.60. The molecule has 0 spiro atoms. The summed E-state index contributed by atoms with van der Waals surface area (Å²) < 4.78 is 0. The molecular weight excluding hydrogens is 271 g/mol. The Kier molecular flexibility index (Phi) is 12.5. The van der Waals surface area contributed by atoms with Crippen LogP contribution < -0.4 is 116 Å². The van der Waals surface area contributed by atoms with Crippen LogP contribution in [0.5, 0.6) is 5.75 Å². The molecule has 0 aliphatic rings. The predicted molar refractivity (Wildman–Crippen MR) is 30.5 cm³/mol. The Morgan fingerprint density at radius 1 is 1.20 bits per heavy atom. The Labute approximate surface area is 159 Å². The first-order valence-electron chi connectivity index (χ1n) is 2.38. The fourth-order valence-corrected chi connectivity index (χ4v) is 0.464. The molecule has 0 bridgehead atoms. The van der Waals surface area contributed by atoms with Gasteiger partial charge in [0.05, 0.1) is 0 Å². The number of aromatic hydroxyl groups is 1. The fourth-order valence-electron chi connectivity index (χ4n) is 0.464. The minimum Gasteiger partial charge on any atom is -0.591 e. The van der Waals surface area contributed by atoms with Crippen molar-refractivity contribution in [1.29, 1.82) is 0 Å². The molecule has 1 aromatic rings. The van der Waals surface area contributed by atoms with Gasteiger partial charge in [0.25, 0.3) is 0 Å². The minimum atomic E-state index is 0. The Morgan fingerprint density at radius 3 is 2.00 bits per heavy atom. The van der Waals surface area contributed by atoms with E-state index in [4.69, 9.17) is 5.11 Å². The van der Waals surface area contributed by atoms with Crippen molar-refractivity contribution in [2.45, 2.75) is 6.92 Å². The first kappa shape index (κ1) is 15.1. The molecule has 3 heteroatoms. The monoisotopic (exact) mass is 276 g/mol. The summed E-state index contributed by atoms with van der Waals surface area (Å²) in [5, 5.41) is 8.83. The van der Waals surface area contributed by atoms with Crippen LogP contribution in [0.15, 0.2) is 12.1 Å². The van der Waals surface area contributed by atoms with Crippen LogP contribution in [0.1, 0.15) is 5.56 Å². The summed E-state index contributed by atoms with van der Waals surface area (Å²) >= 11 is 0. The second-order valence-electron chi connectivity index (χ2n) is 1.60. The Balaban J connectivity index is 0. The Hall–Kier alpha value is 2.63. The van der Waals surface area contributed by atoms with Crippen LogP contribution in [0, 0.1) is 19.1 Å². The summed E-state index contributed by atoms with van der Waals surface area (Å²) in [5.74, 6) is 0.188. The molecule has 0 heterocycles. The van der Waals surface area contributed by atoms with Crippen LogP contribution in [-0.4, -0.2) is 5.11 Å². The summed E-state index contributed by atoms with van der Waals surface area (Å²) in [6, 6.07) is 8.79. The zero-order valence-corrected chi connectivity index (χ0v) is 16.4. The normalized spacial score (nSPS) is 7.30. The molecule has 0 radical (unpaired) electrons. The van der Waals surface area contributed by atoms with Crippen molar-refractivity contribution in [1.82, 2.24) is 0 Å². The molecule has 0 atom stereocenters. The van der Waals surface area contributed by atoms with Crippen LogP contribution in [-0.2, 0) is 0 Å². The van der Waals surface area contributed by atoms with Gasteiger partial charge in [0.1, 0.15) is 0 Å². The molecule has 0 unspecified atom stereocenters. The molecule has 0 fully saturated rings. The first-order chi connectivity index (χ1) is 3.80. The number of phenols is 1. The second kappa shape index (κ2) is 8.24. The summed E-state index contributed by atoms with van der Waals surface area (Å²) in [7, 11) is 0. The molecule has 0 aliphatic carbocycles. The Bertz CT molecular complexity index is 168. The van der Waals surface area contributed by atoms with E-state index in [0.29, 0.717) is 0 Å². The fraction of sp³-hybridized carbons (Fsp3) is 0.143. The van der Waals surface area contributed by atoms with E-state index in [0.717, 1.165) is 5.56 Å². The topological polar surface area (TPSA) is 20.2 Å². The van der Waals surface area contributed by atoms with Crippen molar-refractivity contribution in [3.8, 4) is 5.75 Å². The Morgan fingerprint density at radius 2 is 1.70 bits per heavy atom. The summed E-state index contributed by atoms with van der Waals surface area (Å²) in [5.41, 5.74) is 0.743. The van der Waals surface area contributed by atoms with Gasteiger partial charge < -0.3 is 11.2 Å². The van der Waals surface area contributed by atoms with E-state index >= 15 is 0 Å². The molecule has 1 rings (SSSR count). The summed E-state index contributed by atoms with van der Waals surface area (Å²) in [4.78, 5) is 0. The van der Waals surface area contributed by atoms with Crippen molar-refractivity contribution in [3.63, 3.8) is 0 Å². The van der Waals surface area contributed by atoms with Crippen LogP contribution in [0.3, 0.4) is 0 Å². The third kappa shape index (κ3) is 5.31. The average molecular weight is 277 g/mol. The van der Waals surface area contributed by atoms with Gasteiger partial charge in [-0.15, -0.1) is 12.7 Å². The summed E-state index contributed by atoms with van der Waals surface area (Å²) in [6.07, 6.45) is 0. The standard InChI is InChI=1S/C7H6O.2Rb/c1-6-4-2-3-5-7(6)8;;/h2-3,8H,1H3;;/q-2;2*+1. The molecule has 0 aromatic heterocycles. The molecule has 42 valence electrons. The number of rotatable bonds is 0. The molecule has 0 saturated carbocycles. The van der Waals surface area contributed by atoms with Gasteiger partial charge in [0.2, 0.25) is 0 Å². The number of hydrogen-bond donors (Lipinski definition) is 1. The number of hydrogen-bond acceptors (Lipinski definition) is 1. The minimum absolute atomic E-state index is 0. The number of phenolic OH excluding ortho intramolecular Hbond substituents is 1. The molecule has 1 N–H and O–H groups in total. The molecule has 0 amide bonds. The van der Waals surface area contributed by atoms with Crippen LogP contribution in [0.4, 0.5) is 0 Å². The van der Waals surface area contributed by atoms with E-state index in [9.17, 15) is 0 Å². The molecule has 1 nitrogen and oxygen atoms in total. The van der Waals surface area contributed by atoms with Gasteiger partial charge in [-0.3, -0.25) is 18.2 Å². The van der Waals surface area contributed by atoms with E-state index in [-0.39, 0.29) is 122 Å². The predicted octanol–water partition coefficient (Wildman–Crippen LogP) is -4.69. The van der Waals surface area contributed by atoms with Crippen molar-refractivity contribution >= 4 is 0 Å². The van der Waals surface area contributed by atoms with E-state index < -0.39 is 0 Å². The van der Waals surface area contributed by atoms with E-state index in [1.54, 1.807) is 19.1 Å². The molecule has 1 aromatic carbocycles. The SMILES string of the molecule is Cc1[c-]cc[c-]c1O.[Rb+].[Rb+]. The van der Waals surface area contributed by atoms with Crippen LogP contribution in [0.25, 0.3) is 0 Å². The quantitative estimate of drug-likeness (QED) is 0.473. The smallest absolute Gasteiger partial charge is 0.591 e. The van der Waals surface area contributed by atoms with Gasteiger partial charge in [-0.05, 0) is 0 Å². The largest absolute Gasteiger partial charge is 1.00 e. The van der Waals surface area contributed by atoms with Gasteiger partial charge in [-0.2, -0.15) is 0 Å². The van der Waals surface area contributed by atoms with Gasteiger partial charge in [0.15, 0.2) is 0 Å². The van der Waals surface area contributed by atoms with E-state index in [2.05, 4.69) is 12.1 Å².